The van der Waals surface area contributed by atoms with Crippen LogP contribution < -0.4 is 5.32 Å². The Balaban J connectivity index is 2.51. The van der Waals surface area contributed by atoms with Crippen LogP contribution in [0.25, 0.3) is 0 Å². The number of aromatic nitrogens is 1. The molecule has 0 saturated heterocycles. The van der Waals surface area contributed by atoms with Crippen molar-refractivity contribution in [1.82, 2.24) is 15.2 Å². The van der Waals surface area contributed by atoms with Crippen molar-refractivity contribution in [2.75, 3.05) is 13.2 Å². The second-order valence-electron chi connectivity index (χ2n) is 7.50. The number of amides is 2. The number of pyridine rings is 1. The van der Waals surface area contributed by atoms with Gasteiger partial charge in [-0.15, -0.1) is 0 Å². The third-order valence-corrected chi connectivity index (χ3v) is 3.91. The Hall–Kier alpha value is -3.22. The normalized spacial score (nSPS) is 12.0. The Morgan fingerprint density at radius 2 is 1.72 bits per heavy atom. The van der Waals surface area contributed by atoms with Crippen LogP contribution in [0.15, 0.2) is 54.7 Å². The van der Waals surface area contributed by atoms with Gasteiger partial charge in [0.05, 0.1) is 12.3 Å². The van der Waals surface area contributed by atoms with E-state index in [1.54, 1.807) is 61.7 Å². The zero-order chi connectivity index (χ0) is 21.4. The first-order valence-corrected chi connectivity index (χ1v) is 9.47. The molecule has 1 aromatic heterocycles. The highest BCUT2D eigenvalue weighted by atomic mass is 16.5. The van der Waals surface area contributed by atoms with Crippen molar-refractivity contribution in [2.45, 2.75) is 39.3 Å². The maximum atomic E-state index is 13.3. The fraction of sp³-hybridized carbons (Fsp3) is 0.364. The first-order chi connectivity index (χ1) is 13.7. The molecule has 0 aliphatic heterocycles. The summed E-state index contributed by atoms with van der Waals surface area (Å²) in [6.07, 6.45) is 1.54. The molecule has 1 aromatic carbocycles. The molecule has 1 unspecified atom stereocenters. The average molecular weight is 397 g/mol. The van der Waals surface area contributed by atoms with Crippen molar-refractivity contribution >= 4 is 17.8 Å². The van der Waals surface area contributed by atoms with E-state index in [0.717, 1.165) is 0 Å². The van der Waals surface area contributed by atoms with Gasteiger partial charge in [0.15, 0.2) is 6.04 Å². The summed E-state index contributed by atoms with van der Waals surface area (Å²) in [6.45, 7) is 7.01. The van der Waals surface area contributed by atoms with Crippen molar-refractivity contribution in [1.29, 1.82) is 0 Å². The molecule has 2 amide bonds. The van der Waals surface area contributed by atoms with Gasteiger partial charge in [0.1, 0.15) is 6.54 Å². The van der Waals surface area contributed by atoms with Gasteiger partial charge >= 0.3 is 5.97 Å². The third kappa shape index (κ3) is 6.41. The zero-order valence-corrected chi connectivity index (χ0v) is 17.2. The van der Waals surface area contributed by atoms with Crippen LogP contribution in [-0.2, 0) is 14.3 Å². The van der Waals surface area contributed by atoms with Crippen LogP contribution in [0.5, 0.6) is 0 Å². The Kier molecular flexibility index (Phi) is 7.47. The van der Waals surface area contributed by atoms with Crippen LogP contribution in [0, 0.1) is 0 Å². The first kappa shape index (κ1) is 22.1. The molecule has 0 saturated carbocycles. The molecule has 29 heavy (non-hydrogen) atoms. The summed E-state index contributed by atoms with van der Waals surface area (Å²) in [5, 5.41) is 2.88. The Bertz CT molecular complexity index is 832. The van der Waals surface area contributed by atoms with E-state index >= 15 is 0 Å². The highest BCUT2D eigenvalue weighted by Gasteiger charge is 2.36. The van der Waals surface area contributed by atoms with Crippen LogP contribution in [-0.4, -0.2) is 46.4 Å². The Labute approximate surface area is 171 Å². The first-order valence-electron chi connectivity index (χ1n) is 9.47. The van der Waals surface area contributed by atoms with Crippen LogP contribution >= 0.6 is 0 Å². The van der Waals surface area contributed by atoms with E-state index in [0.29, 0.717) is 11.3 Å². The molecule has 1 N–H and O–H groups in total. The van der Waals surface area contributed by atoms with Crippen molar-refractivity contribution < 1.29 is 19.1 Å². The maximum Gasteiger partial charge on any atom is 0.325 e. The van der Waals surface area contributed by atoms with Gasteiger partial charge in [0.25, 0.3) is 5.91 Å². The van der Waals surface area contributed by atoms with Gasteiger partial charge in [0.2, 0.25) is 5.91 Å². The molecule has 0 aliphatic carbocycles. The van der Waals surface area contributed by atoms with E-state index < -0.39 is 29.4 Å². The summed E-state index contributed by atoms with van der Waals surface area (Å²) >= 11 is 0. The number of ether oxygens (including phenoxy) is 1. The summed E-state index contributed by atoms with van der Waals surface area (Å²) in [4.78, 5) is 44.2. The number of nitrogens with zero attached hydrogens (tertiary/aromatic N) is 2. The standard InChI is InChI=1S/C22H27N3O4/c1-5-29-18(26)15-25(21(28)16-11-7-6-8-12-16)19(17-13-9-10-14-23-17)20(27)24-22(2,3)4/h6-14,19H,5,15H2,1-4H3,(H,24,27). The van der Waals surface area contributed by atoms with Gasteiger partial charge in [-0.1, -0.05) is 24.3 Å². The SMILES string of the molecule is CCOC(=O)CN(C(=O)c1ccccc1)C(C(=O)NC(C)(C)C)c1ccccn1. The number of carbonyl (C=O) groups excluding carboxylic acids is 3. The zero-order valence-electron chi connectivity index (χ0n) is 17.2. The molecule has 7 nitrogen and oxygen atoms in total. The van der Waals surface area contributed by atoms with Gasteiger partial charge in [-0.05, 0) is 52.0 Å². The fourth-order valence-corrected chi connectivity index (χ4v) is 2.78. The van der Waals surface area contributed by atoms with Gasteiger partial charge in [-0.25, -0.2) is 0 Å². The van der Waals surface area contributed by atoms with E-state index in [4.69, 9.17) is 4.74 Å². The minimum Gasteiger partial charge on any atom is -0.465 e. The average Bonchev–Trinajstić information content (AvgIpc) is 2.67. The topological polar surface area (TPSA) is 88.6 Å². The van der Waals surface area contributed by atoms with Crippen LogP contribution in [0.4, 0.5) is 0 Å². The van der Waals surface area contributed by atoms with Crippen molar-refractivity contribution in [2.24, 2.45) is 0 Å². The molecule has 0 radical (unpaired) electrons. The number of benzene rings is 1. The van der Waals surface area contributed by atoms with E-state index in [9.17, 15) is 14.4 Å². The number of hydrogen-bond donors (Lipinski definition) is 1. The molecule has 0 bridgehead atoms. The minimum atomic E-state index is -1.09. The van der Waals surface area contributed by atoms with Crippen molar-refractivity contribution in [3.05, 3.63) is 66.0 Å². The lowest BCUT2D eigenvalue weighted by atomic mass is 10.0. The minimum absolute atomic E-state index is 0.175. The van der Waals surface area contributed by atoms with Gasteiger partial charge in [-0.2, -0.15) is 0 Å². The fourth-order valence-electron chi connectivity index (χ4n) is 2.78. The number of rotatable bonds is 7. The Morgan fingerprint density at radius 3 is 2.28 bits per heavy atom. The molecule has 1 atom stereocenters. The number of nitrogens with one attached hydrogen (secondary N) is 1. The monoisotopic (exact) mass is 397 g/mol. The van der Waals surface area contributed by atoms with E-state index in [-0.39, 0.29) is 13.2 Å². The summed E-state index contributed by atoms with van der Waals surface area (Å²) in [5.74, 6) is -1.48. The molecule has 0 aliphatic rings. The molecule has 154 valence electrons. The molecular weight excluding hydrogens is 370 g/mol. The lowest BCUT2D eigenvalue weighted by Crippen LogP contribution is -2.50. The predicted octanol–water partition coefficient (Wildman–Crippen LogP) is 2.74. The van der Waals surface area contributed by atoms with Crippen LogP contribution in [0.3, 0.4) is 0 Å². The highest BCUT2D eigenvalue weighted by molar-refractivity contribution is 5.99. The molecule has 1 heterocycles. The lowest BCUT2D eigenvalue weighted by Gasteiger charge is -2.32. The predicted molar refractivity (Wildman–Crippen MR) is 109 cm³/mol. The number of esters is 1. The number of carbonyl (C=O) groups is 3. The van der Waals surface area contributed by atoms with E-state index in [2.05, 4.69) is 10.3 Å². The second-order valence-corrected chi connectivity index (χ2v) is 7.50. The van der Waals surface area contributed by atoms with E-state index in [1.807, 2.05) is 20.8 Å². The van der Waals surface area contributed by atoms with Crippen molar-refractivity contribution in [3.63, 3.8) is 0 Å². The van der Waals surface area contributed by atoms with Crippen LogP contribution in [0.1, 0.15) is 49.8 Å². The summed E-state index contributed by atoms with van der Waals surface area (Å²) < 4.78 is 5.04. The lowest BCUT2D eigenvalue weighted by molar-refractivity contribution is -0.145. The summed E-state index contributed by atoms with van der Waals surface area (Å²) in [7, 11) is 0. The van der Waals surface area contributed by atoms with Gasteiger partial charge in [0, 0.05) is 17.3 Å². The molecule has 0 fully saturated rings. The Morgan fingerprint density at radius 1 is 1.07 bits per heavy atom. The van der Waals surface area contributed by atoms with Gasteiger partial charge < -0.3 is 15.0 Å². The highest BCUT2D eigenvalue weighted by Crippen LogP contribution is 2.23. The maximum absolute atomic E-state index is 13.3. The van der Waals surface area contributed by atoms with E-state index in [1.165, 1.54) is 4.90 Å². The molecular formula is C22H27N3O4. The second kappa shape index (κ2) is 9.82. The van der Waals surface area contributed by atoms with Gasteiger partial charge in [-0.3, -0.25) is 19.4 Å². The largest absolute Gasteiger partial charge is 0.465 e. The molecule has 2 rings (SSSR count). The molecule has 2 aromatic rings. The quantitative estimate of drug-likeness (QED) is 0.726. The van der Waals surface area contributed by atoms with Crippen molar-refractivity contribution in [3.8, 4) is 0 Å². The third-order valence-electron chi connectivity index (χ3n) is 3.91. The molecule has 0 spiro atoms. The smallest absolute Gasteiger partial charge is 0.325 e. The van der Waals surface area contributed by atoms with Crippen LogP contribution in [0.2, 0.25) is 0 Å². The number of hydrogen-bond acceptors (Lipinski definition) is 5. The summed E-state index contributed by atoms with van der Waals surface area (Å²) in [6, 6.07) is 12.5. The molecule has 7 heteroatoms. The summed E-state index contributed by atoms with van der Waals surface area (Å²) in [5.41, 5.74) is 0.194.